The van der Waals surface area contributed by atoms with Gasteiger partial charge in [-0.25, -0.2) is 0 Å². The summed E-state index contributed by atoms with van der Waals surface area (Å²) >= 11 is 0. The lowest BCUT2D eigenvalue weighted by molar-refractivity contribution is -0.0662. The number of rotatable bonds is 5. The topological polar surface area (TPSA) is 51.4 Å². The molecule has 2 aromatic rings. The summed E-state index contributed by atoms with van der Waals surface area (Å²) in [5.74, 6) is 1.16. The van der Waals surface area contributed by atoms with Crippen LogP contribution in [0.4, 0.5) is 0 Å². The maximum Gasteiger partial charge on any atom is 0.219 e. The maximum atomic E-state index is 5.97. The Morgan fingerprint density at radius 1 is 1.29 bits per heavy atom. The molecule has 5 nitrogen and oxygen atoms in total. The van der Waals surface area contributed by atoms with Gasteiger partial charge in [0.1, 0.15) is 6.23 Å². The van der Waals surface area contributed by atoms with Gasteiger partial charge in [-0.05, 0) is 25.3 Å². The molecule has 1 aliphatic rings. The molecule has 1 atom stereocenters. The Morgan fingerprint density at radius 2 is 2.05 bits per heavy atom. The Morgan fingerprint density at radius 3 is 2.71 bits per heavy atom. The van der Waals surface area contributed by atoms with Gasteiger partial charge < -0.3 is 9.15 Å². The van der Waals surface area contributed by atoms with Gasteiger partial charge in [0.05, 0.1) is 6.61 Å². The van der Waals surface area contributed by atoms with Crippen LogP contribution in [0.1, 0.15) is 37.1 Å². The van der Waals surface area contributed by atoms with Gasteiger partial charge in [0.15, 0.2) is 0 Å². The van der Waals surface area contributed by atoms with Crippen molar-refractivity contribution in [2.45, 2.75) is 38.5 Å². The molecule has 1 aliphatic heterocycles. The zero-order chi connectivity index (χ0) is 14.5. The van der Waals surface area contributed by atoms with E-state index in [0.29, 0.717) is 12.5 Å². The predicted molar refractivity (Wildman–Crippen MR) is 78.5 cm³/mol. The van der Waals surface area contributed by atoms with Gasteiger partial charge in [-0.2, -0.15) is 0 Å². The molecule has 5 heteroatoms. The van der Waals surface area contributed by atoms with Crippen LogP contribution in [0.25, 0.3) is 0 Å². The van der Waals surface area contributed by atoms with E-state index in [1.165, 1.54) is 12.0 Å². The highest BCUT2D eigenvalue weighted by Gasteiger charge is 2.26. The summed E-state index contributed by atoms with van der Waals surface area (Å²) in [6, 6.07) is 10.3. The second kappa shape index (κ2) is 6.83. The molecule has 0 amide bonds. The lowest BCUT2D eigenvalue weighted by Crippen LogP contribution is -2.40. The smallest absolute Gasteiger partial charge is 0.219 e. The molecule has 1 saturated heterocycles. The first kappa shape index (κ1) is 14.2. The van der Waals surface area contributed by atoms with Crippen LogP contribution in [-0.2, 0) is 11.3 Å². The van der Waals surface area contributed by atoms with E-state index in [-0.39, 0.29) is 6.23 Å². The second-order valence-electron chi connectivity index (χ2n) is 5.48. The minimum Gasteiger partial charge on any atom is -0.428 e. The summed E-state index contributed by atoms with van der Waals surface area (Å²) in [4.78, 5) is 2.37. The van der Waals surface area contributed by atoms with Crippen molar-refractivity contribution in [3.05, 3.63) is 48.2 Å². The highest BCUT2D eigenvalue weighted by Crippen LogP contribution is 2.27. The van der Waals surface area contributed by atoms with E-state index in [2.05, 4.69) is 34.2 Å². The largest absolute Gasteiger partial charge is 0.428 e. The fraction of sp³-hybridized carbons (Fsp3) is 0.500. The first-order valence-corrected chi connectivity index (χ1v) is 7.48. The van der Waals surface area contributed by atoms with Crippen molar-refractivity contribution >= 4 is 0 Å². The van der Waals surface area contributed by atoms with Gasteiger partial charge in [0.2, 0.25) is 12.3 Å². The molecule has 0 bridgehead atoms. The molecule has 3 rings (SSSR count). The number of benzene rings is 1. The summed E-state index contributed by atoms with van der Waals surface area (Å²) in [6.45, 7) is 4.79. The van der Waals surface area contributed by atoms with Gasteiger partial charge in [-0.3, -0.25) is 4.90 Å². The number of ether oxygens (including phenoxy) is 1. The van der Waals surface area contributed by atoms with Gasteiger partial charge in [-0.1, -0.05) is 30.3 Å². The number of piperidine rings is 1. The van der Waals surface area contributed by atoms with E-state index in [4.69, 9.17) is 9.15 Å². The summed E-state index contributed by atoms with van der Waals surface area (Å²) in [6.07, 6.45) is 3.63. The minimum absolute atomic E-state index is 0.133. The molecule has 0 N–H and O–H groups in total. The first-order chi connectivity index (χ1) is 10.3. The fourth-order valence-electron chi connectivity index (χ4n) is 2.77. The van der Waals surface area contributed by atoms with Gasteiger partial charge in [0.25, 0.3) is 0 Å². The Balaban J connectivity index is 1.45. The molecule has 1 aromatic heterocycles. The zero-order valence-electron chi connectivity index (χ0n) is 12.3. The average Bonchev–Trinajstić information content (AvgIpc) is 3.08. The summed E-state index contributed by atoms with van der Waals surface area (Å²) in [7, 11) is 0. The van der Waals surface area contributed by atoms with Gasteiger partial charge in [0, 0.05) is 19.0 Å². The zero-order valence-corrected chi connectivity index (χ0v) is 12.3. The average molecular weight is 287 g/mol. The number of hydrogen-bond donors (Lipinski definition) is 0. The molecular weight excluding hydrogens is 266 g/mol. The normalized spacial score (nSPS) is 18.7. The number of nitrogens with zero attached hydrogens (tertiary/aromatic N) is 3. The first-order valence-electron chi connectivity index (χ1n) is 7.48. The molecule has 0 spiro atoms. The van der Waals surface area contributed by atoms with Crippen LogP contribution in [0.3, 0.4) is 0 Å². The van der Waals surface area contributed by atoms with Crippen LogP contribution < -0.4 is 0 Å². The molecule has 1 unspecified atom stereocenters. The minimum atomic E-state index is 0.133. The van der Waals surface area contributed by atoms with Crippen molar-refractivity contribution in [3.8, 4) is 0 Å². The van der Waals surface area contributed by atoms with Gasteiger partial charge >= 0.3 is 0 Å². The van der Waals surface area contributed by atoms with E-state index in [1.54, 1.807) is 0 Å². The molecule has 0 radical (unpaired) electrons. The number of hydrogen-bond acceptors (Lipinski definition) is 5. The third-order valence-electron chi connectivity index (χ3n) is 4.10. The lowest BCUT2D eigenvalue weighted by Gasteiger charge is -2.34. The van der Waals surface area contributed by atoms with E-state index in [1.807, 2.05) is 18.2 Å². The van der Waals surface area contributed by atoms with E-state index >= 15 is 0 Å². The maximum absolute atomic E-state index is 5.97. The van der Waals surface area contributed by atoms with Crippen LogP contribution in [0.5, 0.6) is 0 Å². The molecule has 2 heterocycles. The van der Waals surface area contributed by atoms with Crippen molar-refractivity contribution in [2.24, 2.45) is 0 Å². The number of likely N-dealkylation sites (tertiary alicyclic amines) is 1. The highest BCUT2D eigenvalue weighted by molar-refractivity contribution is 5.13. The van der Waals surface area contributed by atoms with Crippen molar-refractivity contribution in [1.82, 2.24) is 15.1 Å². The number of aromatic nitrogens is 2. The molecule has 21 heavy (non-hydrogen) atoms. The van der Waals surface area contributed by atoms with Crippen molar-refractivity contribution in [3.63, 3.8) is 0 Å². The van der Waals surface area contributed by atoms with E-state index in [9.17, 15) is 0 Å². The molecule has 112 valence electrons. The Labute approximate surface area is 124 Å². The van der Waals surface area contributed by atoms with Crippen LogP contribution in [0.15, 0.2) is 41.1 Å². The third-order valence-corrected chi connectivity index (χ3v) is 4.10. The highest BCUT2D eigenvalue weighted by atomic mass is 16.5. The quantitative estimate of drug-likeness (QED) is 0.846. The Kier molecular flexibility index (Phi) is 4.62. The van der Waals surface area contributed by atoms with Crippen molar-refractivity contribution in [2.75, 3.05) is 13.1 Å². The summed E-state index contributed by atoms with van der Waals surface area (Å²) < 4.78 is 11.3. The van der Waals surface area contributed by atoms with Crippen LogP contribution in [0, 0.1) is 0 Å². The predicted octanol–water partition coefficient (Wildman–Crippen LogP) is 2.81. The van der Waals surface area contributed by atoms with E-state index in [0.717, 1.165) is 31.8 Å². The molecule has 1 fully saturated rings. The van der Waals surface area contributed by atoms with E-state index < -0.39 is 0 Å². The third kappa shape index (κ3) is 3.68. The molecule has 0 aliphatic carbocycles. The second-order valence-corrected chi connectivity index (χ2v) is 5.48. The lowest BCUT2D eigenvalue weighted by atomic mass is 9.97. The van der Waals surface area contributed by atoms with Crippen LogP contribution >= 0.6 is 0 Å². The summed E-state index contributed by atoms with van der Waals surface area (Å²) in [5.41, 5.74) is 1.21. The SMILES string of the molecule is CC(OCc1ccccc1)N1CCC(c2nnco2)CC1. The Bertz CT molecular complexity index is 522. The van der Waals surface area contributed by atoms with Crippen LogP contribution in [0.2, 0.25) is 0 Å². The summed E-state index contributed by atoms with van der Waals surface area (Å²) in [5, 5.41) is 7.78. The Hall–Kier alpha value is -1.72. The van der Waals surface area contributed by atoms with Crippen molar-refractivity contribution in [1.29, 1.82) is 0 Å². The standard InChI is InChI=1S/C16H21N3O2/c1-13(20-11-14-5-3-2-4-6-14)19-9-7-15(8-10-19)16-18-17-12-21-16/h2-6,12-13,15H,7-11H2,1H3. The fourth-order valence-corrected chi connectivity index (χ4v) is 2.77. The molecule has 1 aromatic carbocycles. The van der Waals surface area contributed by atoms with Crippen LogP contribution in [-0.4, -0.2) is 34.4 Å². The molecular formula is C16H21N3O2. The van der Waals surface area contributed by atoms with Crippen molar-refractivity contribution < 1.29 is 9.15 Å². The molecule has 0 saturated carbocycles. The van der Waals surface area contributed by atoms with Gasteiger partial charge in [-0.15, -0.1) is 10.2 Å². The monoisotopic (exact) mass is 287 g/mol.